The Hall–Kier alpha value is -0.120. The highest BCUT2D eigenvalue weighted by molar-refractivity contribution is 4.92. The zero-order valence-electron chi connectivity index (χ0n) is 12.0. The number of aliphatic hydroxyl groups is 1. The molecule has 1 saturated carbocycles. The molecule has 0 bridgehead atoms. The van der Waals surface area contributed by atoms with Gasteiger partial charge in [-0.05, 0) is 53.1 Å². The van der Waals surface area contributed by atoms with E-state index in [-0.39, 0.29) is 12.1 Å². The molecule has 0 saturated heterocycles. The van der Waals surface area contributed by atoms with Crippen LogP contribution in [0.2, 0.25) is 0 Å². The number of aliphatic hydroxyl groups excluding tert-OH is 1. The van der Waals surface area contributed by atoms with Gasteiger partial charge in [-0.2, -0.15) is 0 Å². The number of rotatable bonds is 9. The van der Waals surface area contributed by atoms with E-state index in [0.29, 0.717) is 6.04 Å². The third-order valence-corrected chi connectivity index (χ3v) is 4.05. The second kappa shape index (κ2) is 6.72. The number of hydrogen-bond donors (Lipinski definition) is 2. The van der Waals surface area contributed by atoms with E-state index in [2.05, 4.69) is 31.0 Å². The maximum Gasteiger partial charge on any atom is 0.0611 e. The molecule has 1 aliphatic rings. The molecule has 2 atom stereocenters. The zero-order chi connectivity index (χ0) is 12.9. The normalized spacial score (nSPS) is 21.5. The molecular weight excluding hydrogens is 212 g/mol. The first-order valence-electron chi connectivity index (χ1n) is 7.12. The maximum absolute atomic E-state index is 9.47. The van der Waals surface area contributed by atoms with Crippen molar-refractivity contribution in [1.82, 2.24) is 10.2 Å². The van der Waals surface area contributed by atoms with Gasteiger partial charge in [0.05, 0.1) is 6.61 Å². The fourth-order valence-corrected chi connectivity index (χ4v) is 2.52. The summed E-state index contributed by atoms with van der Waals surface area (Å²) in [6.45, 7) is 8.09. The third-order valence-electron chi connectivity index (χ3n) is 4.05. The van der Waals surface area contributed by atoms with Gasteiger partial charge in [0.25, 0.3) is 0 Å². The summed E-state index contributed by atoms with van der Waals surface area (Å²) in [4.78, 5) is 2.65. The van der Waals surface area contributed by atoms with Gasteiger partial charge in [-0.1, -0.05) is 13.3 Å². The van der Waals surface area contributed by atoms with Crippen molar-refractivity contribution in [1.29, 1.82) is 0 Å². The lowest BCUT2D eigenvalue weighted by Crippen LogP contribution is -2.49. The predicted molar refractivity (Wildman–Crippen MR) is 73.3 cm³/mol. The number of hydrogen-bond acceptors (Lipinski definition) is 3. The molecule has 2 N–H and O–H groups in total. The Labute approximate surface area is 107 Å². The lowest BCUT2D eigenvalue weighted by atomic mass is 9.93. The highest BCUT2D eigenvalue weighted by Gasteiger charge is 2.34. The minimum atomic E-state index is -0.140. The summed E-state index contributed by atoms with van der Waals surface area (Å²) in [5.41, 5.74) is -0.140. The average Bonchev–Trinajstić information content (AvgIpc) is 3.14. The molecule has 0 aromatic carbocycles. The van der Waals surface area contributed by atoms with E-state index in [4.69, 9.17) is 0 Å². The quantitative estimate of drug-likeness (QED) is 0.649. The lowest BCUT2D eigenvalue weighted by molar-refractivity contribution is 0.114. The summed E-state index contributed by atoms with van der Waals surface area (Å²) in [5, 5.41) is 12.7. The van der Waals surface area contributed by atoms with E-state index in [1.807, 2.05) is 7.05 Å². The zero-order valence-corrected chi connectivity index (χ0v) is 12.0. The smallest absolute Gasteiger partial charge is 0.0611 e. The Balaban J connectivity index is 2.49. The molecular formula is C14H30N2O. The molecule has 1 aliphatic carbocycles. The summed E-state index contributed by atoms with van der Waals surface area (Å²) in [7, 11) is 1.94. The molecule has 17 heavy (non-hydrogen) atoms. The molecule has 0 amide bonds. The van der Waals surface area contributed by atoms with Crippen molar-refractivity contribution in [2.75, 3.05) is 20.2 Å². The molecule has 1 rings (SSSR count). The van der Waals surface area contributed by atoms with Crippen molar-refractivity contribution in [2.45, 2.75) is 70.5 Å². The van der Waals surface area contributed by atoms with Crippen LogP contribution < -0.4 is 5.32 Å². The Morgan fingerprint density at radius 2 is 2.12 bits per heavy atom. The number of unbranched alkanes of at least 4 members (excludes halogenated alkanes) is 1. The van der Waals surface area contributed by atoms with Crippen LogP contribution in [0.1, 0.15) is 52.9 Å². The van der Waals surface area contributed by atoms with E-state index in [1.165, 1.54) is 32.2 Å². The maximum atomic E-state index is 9.47. The molecule has 0 spiro atoms. The van der Waals surface area contributed by atoms with Crippen LogP contribution in [-0.2, 0) is 0 Å². The highest BCUT2D eigenvalue weighted by atomic mass is 16.3. The van der Waals surface area contributed by atoms with Gasteiger partial charge < -0.3 is 10.4 Å². The number of likely N-dealkylation sites (N-methyl/N-ethyl adjacent to an activating group) is 1. The molecule has 0 aromatic heterocycles. The van der Waals surface area contributed by atoms with Crippen LogP contribution in [-0.4, -0.2) is 47.8 Å². The first-order valence-corrected chi connectivity index (χ1v) is 7.12. The van der Waals surface area contributed by atoms with Gasteiger partial charge in [-0.15, -0.1) is 0 Å². The van der Waals surface area contributed by atoms with Gasteiger partial charge in [0, 0.05) is 17.6 Å². The van der Waals surface area contributed by atoms with Crippen LogP contribution >= 0.6 is 0 Å². The second-order valence-electron chi connectivity index (χ2n) is 5.84. The molecule has 0 aliphatic heterocycles. The largest absolute Gasteiger partial charge is 0.394 e. The fraction of sp³-hybridized carbons (Fsp3) is 1.00. The monoisotopic (exact) mass is 242 g/mol. The Kier molecular flexibility index (Phi) is 5.90. The average molecular weight is 242 g/mol. The lowest BCUT2D eigenvalue weighted by Gasteiger charge is -2.36. The Morgan fingerprint density at radius 3 is 2.53 bits per heavy atom. The van der Waals surface area contributed by atoms with Crippen LogP contribution in [0.25, 0.3) is 0 Å². The van der Waals surface area contributed by atoms with Crippen molar-refractivity contribution in [3.63, 3.8) is 0 Å². The Bertz CT molecular complexity index is 212. The van der Waals surface area contributed by atoms with Crippen molar-refractivity contribution >= 4 is 0 Å². The van der Waals surface area contributed by atoms with E-state index in [9.17, 15) is 5.11 Å². The van der Waals surface area contributed by atoms with Gasteiger partial charge in [0.1, 0.15) is 0 Å². The van der Waals surface area contributed by atoms with E-state index >= 15 is 0 Å². The first kappa shape index (κ1) is 14.9. The highest BCUT2D eigenvalue weighted by Crippen LogP contribution is 2.31. The van der Waals surface area contributed by atoms with E-state index in [1.54, 1.807) is 0 Å². The van der Waals surface area contributed by atoms with Gasteiger partial charge in [-0.3, -0.25) is 4.90 Å². The van der Waals surface area contributed by atoms with Crippen LogP contribution in [0.4, 0.5) is 0 Å². The van der Waals surface area contributed by atoms with Crippen LogP contribution in [0, 0.1) is 0 Å². The minimum absolute atomic E-state index is 0.140. The van der Waals surface area contributed by atoms with Crippen molar-refractivity contribution in [3.8, 4) is 0 Å². The van der Waals surface area contributed by atoms with E-state index in [0.717, 1.165) is 12.5 Å². The SMILES string of the molecule is CCCCN(C(C)CC(C)(CO)NC)C1CC1. The summed E-state index contributed by atoms with van der Waals surface area (Å²) in [5.74, 6) is 0. The van der Waals surface area contributed by atoms with Gasteiger partial charge >= 0.3 is 0 Å². The number of nitrogens with one attached hydrogen (secondary N) is 1. The molecule has 3 nitrogen and oxygen atoms in total. The summed E-state index contributed by atoms with van der Waals surface area (Å²) in [6, 6.07) is 1.37. The summed E-state index contributed by atoms with van der Waals surface area (Å²) in [6.07, 6.45) is 6.29. The van der Waals surface area contributed by atoms with Gasteiger partial charge in [-0.25, -0.2) is 0 Å². The molecule has 0 radical (unpaired) electrons. The topological polar surface area (TPSA) is 35.5 Å². The van der Waals surface area contributed by atoms with Crippen molar-refractivity contribution < 1.29 is 5.11 Å². The minimum Gasteiger partial charge on any atom is -0.394 e. The summed E-state index contributed by atoms with van der Waals surface area (Å²) < 4.78 is 0. The van der Waals surface area contributed by atoms with Crippen LogP contribution in [0.5, 0.6) is 0 Å². The first-order chi connectivity index (χ1) is 8.06. The third kappa shape index (κ3) is 4.57. The number of nitrogens with zero attached hydrogens (tertiary/aromatic N) is 1. The van der Waals surface area contributed by atoms with Crippen LogP contribution in [0.3, 0.4) is 0 Å². The molecule has 1 fully saturated rings. The van der Waals surface area contributed by atoms with E-state index < -0.39 is 0 Å². The summed E-state index contributed by atoms with van der Waals surface area (Å²) >= 11 is 0. The fourth-order valence-electron chi connectivity index (χ4n) is 2.52. The van der Waals surface area contributed by atoms with Crippen LogP contribution in [0.15, 0.2) is 0 Å². The molecule has 102 valence electrons. The standard InChI is InChI=1S/C14H30N2O/c1-5-6-9-16(13-7-8-13)12(2)10-14(3,11-17)15-4/h12-13,15,17H,5-11H2,1-4H3. The molecule has 3 heteroatoms. The van der Waals surface area contributed by atoms with Gasteiger partial charge in [0.2, 0.25) is 0 Å². The van der Waals surface area contributed by atoms with Crippen molar-refractivity contribution in [2.24, 2.45) is 0 Å². The molecule has 2 unspecified atom stereocenters. The second-order valence-corrected chi connectivity index (χ2v) is 5.84. The van der Waals surface area contributed by atoms with Gasteiger partial charge in [0.15, 0.2) is 0 Å². The van der Waals surface area contributed by atoms with Crippen molar-refractivity contribution in [3.05, 3.63) is 0 Å². The molecule has 0 aromatic rings. The molecule has 0 heterocycles. The predicted octanol–water partition coefficient (Wildman–Crippen LogP) is 2.00. The Morgan fingerprint density at radius 1 is 1.47 bits per heavy atom.